The van der Waals surface area contributed by atoms with Crippen LogP contribution in [0.1, 0.15) is 54.9 Å². The number of halogens is 1. The monoisotopic (exact) mass is 325 g/mol. The molecule has 0 aliphatic rings. The fraction of sp³-hybridized carbons (Fsp3) is 0.875. The van der Waals surface area contributed by atoms with Gasteiger partial charge in [0.2, 0.25) is 0 Å². The van der Waals surface area contributed by atoms with Gasteiger partial charge in [0.1, 0.15) is 6.61 Å². The highest BCUT2D eigenvalue weighted by Crippen LogP contribution is 1.94. The maximum Gasteiger partial charge on any atom is 0.298 e. The molecule has 0 aliphatic heterocycles. The summed E-state index contributed by atoms with van der Waals surface area (Å²) in [7, 11) is 0. The average molecular weight is 325 g/mol. The third-order valence-electron chi connectivity index (χ3n) is 1.52. The third-order valence-corrected chi connectivity index (χ3v) is 1.52. The number of carbonyl (C=O) groups excluding carboxylic acids is 2. The molecule has 136 valence electrons. The highest BCUT2D eigenvalue weighted by atomic mass is 19.1. The van der Waals surface area contributed by atoms with Gasteiger partial charge in [-0.05, 0) is 0 Å². The van der Waals surface area contributed by atoms with Crippen LogP contribution in [0.4, 0.5) is 4.39 Å². The molecule has 0 aromatic heterocycles. The molecule has 0 unspecified atom stereocenters. The molecule has 22 heavy (non-hydrogen) atoms. The molecule has 5 nitrogen and oxygen atoms in total. The van der Waals surface area contributed by atoms with Crippen LogP contribution in [0, 0.1) is 5.92 Å². The standard InChI is InChI=1S/C9H19NO3.C3H8.C2H3FO.C2H6/c1-8(2)9(11)7-13-6-5-12-4-3-10;1-3-2;1-2(3)4;1-2/h8H,3-7,10H2,1-2H3;3H2,1-2H3;1H3;1-2H3. The second kappa shape index (κ2) is 28.3. The van der Waals surface area contributed by atoms with Crippen LogP contribution in [0.25, 0.3) is 0 Å². The van der Waals surface area contributed by atoms with Crippen molar-refractivity contribution in [1.82, 2.24) is 0 Å². The van der Waals surface area contributed by atoms with E-state index in [-0.39, 0.29) is 18.3 Å². The summed E-state index contributed by atoms with van der Waals surface area (Å²) in [4.78, 5) is 19.8. The van der Waals surface area contributed by atoms with E-state index < -0.39 is 6.04 Å². The molecule has 0 fully saturated rings. The van der Waals surface area contributed by atoms with Crippen molar-refractivity contribution in [2.45, 2.75) is 54.9 Å². The molecule has 0 aliphatic carbocycles. The molecule has 0 saturated carbocycles. The number of carbonyl (C=O) groups is 2. The Hall–Kier alpha value is -0.850. The lowest BCUT2D eigenvalue weighted by molar-refractivity contribution is -0.127. The van der Waals surface area contributed by atoms with Gasteiger partial charge in [-0.15, -0.1) is 0 Å². The van der Waals surface area contributed by atoms with E-state index in [2.05, 4.69) is 13.8 Å². The number of rotatable bonds is 8. The van der Waals surface area contributed by atoms with Crippen molar-refractivity contribution in [3.63, 3.8) is 0 Å². The van der Waals surface area contributed by atoms with E-state index in [4.69, 9.17) is 20.0 Å². The van der Waals surface area contributed by atoms with Gasteiger partial charge in [0, 0.05) is 19.4 Å². The summed E-state index contributed by atoms with van der Waals surface area (Å²) in [5.41, 5.74) is 5.21. The Kier molecular flexibility index (Phi) is 37.6. The topological polar surface area (TPSA) is 78.6 Å². The maximum absolute atomic E-state index is 11.0. The summed E-state index contributed by atoms with van der Waals surface area (Å²) in [6, 6.07) is -1.33. The fourth-order valence-corrected chi connectivity index (χ4v) is 0.643. The third kappa shape index (κ3) is 50.7. The first kappa shape index (κ1) is 29.2. The highest BCUT2D eigenvalue weighted by Gasteiger charge is 2.05. The molecular formula is C16H36FNO4. The second-order valence-corrected chi connectivity index (χ2v) is 4.25. The number of ether oxygens (including phenoxy) is 2. The van der Waals surface area contributed by atoms with Crippen molar-refractivity contribution in [2.75, 3.05) is 33.0 Å². The van der Waals surface area contributed by atoms with Crippen molar-refractivity contribution in [2.24, 2.45) is 11.7 Å². The number of nitrogens with two attached hydrogens (primary N) is 1. The molecule has 0 bridgehead atoms. The summed E-state index contributed by atoms with van der Waals surface area (Å²) >= 11 is 0. The summed E-state index contributed by atoms with van der Waals surface area (Å²) in [6.07, 6.45) is 1.25. The van der Waals surface area contributed by atoms with Gasteiger partial charge in [-0.2, -0.15) is 4.39 Å². The van der Waals surface area contributed by atoms with Crippen LogP contribution in [0.3, 0.4) is 0 Å². The van der Waals surface area contributed by atoms with Gasteiger partial charge in [0.15, 0.2) is 5.78 Å². The van der Waals surface area contributed by atoms with Crippen molar-refractivity contribution >= 4 is 11.8 Å². The zero-order valence-corrected chi connectivity index (χ0v) is 15.4. The minimum atomic E-state index is -1.33. The first-order chi connectivity index (χ1) is 10.3. The lowest BCUT2D eigenvalue weighted by atomic mass is 10.1. The van der Waals surface area contributed by atoms with E-state index in [1.54, 1.807) is 0 Å². The molecule has 0 radical (unpaired) electrons. The van der Waals surface area contributed by atoms with Crippen LogP contribution < -0.4 is 5.73 Å². The van der Waals surface area contributed by atoms with Gasteiger partial charge in [-0.1, -0.05) is 48.0 Å². The Morgan fingerprint density at radius 1 is 1.05 bits per heavy atom. The quantitative estimate of drug-likeness (QED) is 0.548. The van der Waals surface area contributed by atoms with Crippen molar-refractivity contribution in [3.8, 4) is 0 Å². The summed E-state index contributed by atoms with van der Waals surface area (Å²) in [6.45, 7) is 15.0. The first-order valence-corrected chi connectivity index (χ1v) is 7.87. The predicted molar refractivity (Wildman–Crippen MR) is 89.6 cm³/mol. The van der Waals surface area contributed by atoms with Crippen molar-refractivity contribution in [3.05, 3.63) is 0 Å². The molecular weight excluding hydrogens is 289 g/mol. The van der Waals surface area contributed by atoms with Crippen LogP contribution in [-0.2, 0) is 19.1 Å². The van der Waals surface area contributed by atoms with Crippen LogP contribution in [-0.4, -0.2) is 44.8 Å². The lowest BCUT2D eigenvalue weighted by Gasteiger charge is -2.05. The van der Waals surface area contributed by atoms with E-state index in [9.17, 15) is 9.18 Å². The summed E-state index contributed by atoms with van der Waals surface area (Å²) in [5.74, 6) is 0.170. The van der Waals surface area contributed by atoms with Crippen LogP contribution in [0.15, 0.2) is 0 Å². The van der Waals surface area contributed by atoms with E-state index in [0.29, 0.717) is 26.4 Å². The number of hydrogen-bond donors (Lipinski definition) is 1. The van der Waals surface area contributed by atoms with Gasteiger partial charge >= 0.3 is 0 Å². The number of ketones is 1. The van der Waals surface area contributed by atoms with Crippen LogP contribution in [0.2, 0.25) is 0 Å². The van der Waals surface area contributed by atoms with Crippen molar-refractivity contribution in [1.29, 1.82) is 0 Å². The maximum atomic E-state index is 11.0. The van der Waals surface area contributed by atoms with Gasteiger partial charge in [0.25, 0.3) is 6.04 Å². The molecule has 0 amide bonds. The molecule has 0 atom stereocenters. The zero-order chi connectivity index (χ0) is 18.4. The van der Waals surface area contributed by atoms with Crippen LogP contribution >= 0.6 is 0 Å². The molecule has 0 spiro atoms. The normalized spacial score (nSPS) is 8.64. The molecule has 0 aromatic rings. The molecule has 2 N–H and O–H groups in total. The van der Waals surface area contributed by atoms with Gasteiger partial charge in [0.05, 0.1) is 19.8 Å². The van der Waals surface area contributed by atoms with Gasteiger partial charge in [-0.3, -0.25) is 9.59 Å². The van der Waals surface area contributed by atoms with Crippen LogP contribution in [0.5, 0.6) is 0 Å². The Labute approximate surface area is 135 Å². The Morgan fingerprint density at radius 3 is 1.73 bits per heavy atom. The molecule has 0 heterocycles. The van der Waals surface area contributed by atoms with E-state index in [1.165, 1.54) is 6.42 Å². The predicted octanol–water partition coefficient (Wildman–Crippen LogP) is 3.15. The zero-order valence-electron chi connectivity index (χ0n) is 15.4. The Balaban J connectivity index is -0.000000149. The smallest absolute Gasteiger partial charge is 0.298 e. The fourth-order valence-electron chi connectivity index (χ4n) is 0.643. The molecule has 6 heteroatoms. The summed E-state index contributed by atoms with van der Waals surface area (Å²) in [5, 5.41) is 0. The first-order valence-electron chi connectivity index (χ1n) is 7.87. The Morgan fingerprint density at radius 2 is 1.41 bits per heavy atom. The average Bonchev–Trinajstić information content (AvgIpc) is 2.44. The lowest BCUT2D eigenvalue weighted by Crippen LogP contribution is -2.17. The SMILES string of the molecule is CC.CC(=O)F.CC(C)C(=O)COCCOCCN.CCC. The van der Waals surface area contributed by atoms with Gasteiger partial charge in [-0.25, -0.2) is 0 Å². The van der Waals surface area contributed by atoms with E-state index >= 15 is 0 Å². The molecule has 0 saturated heterocycles. The largest absolute Gasteiger partial charge is 0.378 e. The number of hydrogen-bond acceptors (Lipinski definition) is 5. The van der Waals surface area contributed by atoms with Gasteiger partial charge < -0.3 is 15.2 Å². The minimum absolute atomic E-state index is 0.0463. The minimum Gasteiger partial charge on any atom is -0.378 e. The van der Waals surface area contributed by atoms with Crippen molar-refractivity contribution < 1.29 is 23.5 Å². The molecule has 0 aromatic carbocycles. The van der Waals surface area contributed by atoms with E-state index in [1.807, 2.05) is 27.7 Å². The summed E-state index contributed by atoms with van der Waals surface area (Å²) < 4.78 is 20.5. The molecule has 0 rings (SSSR count). The number of Topliss-reactive ketones (excluding diaryl/α,β-unsaturated/α-hetero) is 1. The highest BCUT2D eigenvalue weighted by molar-refractivity contribution is 5.81. The second-order valence-electron chi connectivity index (χ2n) is 4.25. The van der Waals surface area contributed by atoms with E-state index in [0.717, 1.165) is 6.92 Å². The Bertz CT molecular complexity index is 220.